The molecule has 0 bridgehead atoms. The fourth-order valence-electron chi connectivity index (χ4n) is 0.741. The summed E-state index contributed by atoms with van der Waals surface area (Å²) in [4.78, 5) is 17.0. The summed E-state index contributed by atoms with van der Waals surface area (Å²) in [6.45, 7) is 0.792. The van der Waals surface area contributed by atoms with Gasteiger partial charge >= 0.3 is 0 Å². The first-order valence-electron chi connectivity index (χ1n) is 3.69. The molecular formula is C8H11N3O. The van der Waals surface area contributed by atoms with Crippen molar-refractivity contribution >= 4 is 6.08 Å². The van der Waals surface area contributed by atoms with Crippen LogP contribution in [0.4, 0.5) is 0 Å². The molecular weight excluding hydrogens is 154 g/mol. The number of aromatic amines is 1. The van der Waals surface area contributed by atoms with Gasteiger partial charge in [0, 0.05) is 12.7 Å². The maximum Gasteiger partial charge on any atom is 0.266 e. The van der Waals surface area contributed by atoms with E-state index in [0.29, 0.717) is 0 Å². The van der Waals surface area contributed by atoms with E-state index in [9.17, 15) is 4.79 Å². The Balaban J connectivity index is 2.64. The summed E-state index contributed by atoms with van der Waals surface area (Å²) in [6, 6.07) is 0. The van der Waals surface area contributed by atoms with E-state index in [2.05, 4.69) is 15.3 Å². The van der Waals surface area contributed by atoms with Crippen LogP contribution in [0.5, 0.6) is 0 Å². The summed E-state index contributed by atoms with van der Waals surface area (Å²) in [5, 5.41) is 2.96. The molecule has 0 unspecified atom stereocenters. The Hall–Kier alpha value is -1.42. The summed E-state index contributed by atoms with van der Waals surface area (Å²) in [5.74, 6) is 0. The van der Waals surface area contributed by atoms with Crippen LogP contribution in [0.15, 0.2) is 23.3 Å². The molecule has 0 spiro atoms. The molecule has 0 radical (unpaired) electrons. The van der Waals surface area contributed by atoms with E-state index in [0.717, 1.165) is 12.2 Å². The van der Waals surface area contributed by atoms with Crippen LogP contribution in [0.25, 0.3) is 6.08 Å². The average molecular weight is 165 g/mol. The highest BCUT2D eigenvalue weighted by Crippen LogP contribution is 1.89. The number of likely N-dealkylation sites (N-methyl/N-ethyl adjacent to an activating group) is 1. The second kappa shape index (κ2) is 4.46. The standard InChI is InChI=1S/C8H11N3O/c1-9-4-2-3-7-5-11-8(12)6-10-7/h2-3,5-6,9H,4H2,1H3,(H,11,12). The van der Waals surface area contributed by atoms with E-state index in [4.69, 9.17) is 0 Å². The van der Waals surface area contributed by atoms with Crippen molar-refractivity contribution in [1.29, 1.82) is 0 Å². The zero-order valence-corrected chi connectivity index (χ0v) is 6.87. The highest BCUT2D eigenvalue weighted by Gasteiger charge is 1.85. The van der Waals surface area contributed by atoms with Crippen LogP contribution >= 0.6 is 0 Å². The number of nitrogens with one attached hydrogen (secondary N) is 2. The summed E-state index contributed by atoms with van der Waals surface area (Å²) < 4.78 is 0. The van der Waals surface area contributed by atoms with Gasteiger partial charge in [-0.05, 0) is 13.1 Å². The Morgan fingerprint density at radius 3 is 3.17 bits per heavy atom. The third-order valence-electron chi connectivity index (χ3n) is 1.30. The zero-order valence-electron chi connectivity index (χ0n) is 6.87. The van der Waals surface area contributed by atoms with Crippen molar-refractivity contribution in [3.05, 3.63) is 34.5 Å². The zero-order chi connectivity index (χ0) is 8.81. The van der Waals surface area contributed by atoms with E-state index in [1.54, 1.807) is 6.20 Å². The highest BCUT2D eigenvalue weighted by atomic mass is 16.1. The third-order valence-corrected chi connectivity index (χ3v) is 1.30. The van der Waals surface area contributed by atoms with Gasteiger partial charge < -0.3 is 10.3 Å². The van der Waals surface area contributed by atoms with E-state index in [1.165, 1.54) is 6.20 Å². The summed E-state index contributed by atoms with van der Waals surface area (Å²) in [5.41, 5.74) is 0.575. The molecule has 0 aromatic carbocycles. The predicted molar refractivity (Wildman–Crippen MR) is 47.8 cm³/mol. The number of nitrogens with zero attached hydrogens (tertiary/aromatic N) is 1. The van der Waals surface area contributed by atoms with Gasteiger partial charge in [-0.25, -0.2) is 4.98 Å². The summed E-state index contributed by atoms with van der Waals surface area (Å²) in [6.07, 6.45) is 6.61. The average Bonchev–Trinajstić information content (AvgIpc) is 2.09. The van der Waals surface area contributed by atoms with Gasteiger partial charge in [0.05, 0.1) is 11.9 Å². The normalized spacial score (nSPS) is 10.8. The summed E-state index contributed by atoms with van der Waals surface area (Å²) in [7, 11) is 1.87. The lowest BCUT2D eigenvalue weighted by Gasteiger charge is -1.90. The van der Waals surface area contributed by atoms with Gasteiger partial charge in [0.2, 0.25) is 0 Å². The van der Waals surface area contributed by atoms with Gasteiger partial charge in [-0.15, -0.1) is 0 Å². The first-order chi connectivity index (χ1) is 5.83. The Kier molecular flexibility index (Phi) is 3.22. The SMILES string of the molecule is CNCC=Cc1c[nH]c(=O)cn1. The lowest BCUT2D eigenvalue weighted by Crippen LogP contribution is -2.05. The molecule has 4 nitrogen and oxygen atoms in total. The minimum Gasteiger partial charge on any atom is -0.326 e. The van der Waals surface area contributed by atoms with Crippen molar-refractivity contribution in [1.82, 2.24) is 15.3 Å². The van der Waals surface area contributed by atoms with Crippen LogP contribution in [-0.2, 0) is 0 Å². The molecule has 1 aromatic heterocycles. The van der Waals surface area contributed by atoms with E-state index >= 15 is 0 Å². The quantitative estimate of drug-likeness (QED) is 0.663. The number of rotatable bonds is 3. The van der Waals surface area contributed by atoms with Gasteiger partial charge in [-0.2, -0.15) is 0 Å². The van der Waals surface area contributed by atoms with Crippen molar-refractivity contribution in [3.8, 4) is 0 Å². The van der Waals surface area contributed by atoms with Gasteiger partial charge in [-0.1, -0.05) is 6.08 Å². The molecule has 12 heavy (non-hydrogen) atoms. The van der Waals surface area contributed by atoms with Gasteiger partial charge in [0.1, 0.15) is 0 Å². The van der Waals surface area contributed by atoms with Gasteiger partial charge in [-0.3, -0.25) is 4.79 Å². The molecule has 0 fully saturated rings. The molecule has 0 saturated carbocycles. The molecule has 1 aromatic rings. The van der Waals surface area contributed by atoms with Crippen LogP contribution < -0.4 is 10.9 Å². The van der Waals surface area contributed by atoms with Crippen LogP contribution in [0.1, 0.15) is 5.69 Å². The topological polar surface area (TPSA) is 57.8 Å². The Morgan fingerprint density at radius 2 is 2.58 bits per heavy atom. The van der Waals surface area contributed by atoms with Crippen molar-refractivity contribution < 1.29 is 0 Å². The first-order valence-corrected chi connectivity index (χ1v) is 3.69. The van der Waals surface area contributed by atoms with E-state index < -0.39 is 0 Å². The Bertz CT molecular complexity index is 296. The lowest BCUT2D eigenvalue weighted by atomic mass is 10.4. The molecule has 1 rings (SSSR count). The molecule has 0 saturated heterocycles. The van der Waals surface area contributed by atoms with Crippen LogP contribution in [0, 0.1) is 0 Å². The second-order valence-electron chi connectivity index (χ2n) is 2.30. The lowest BCUT2D eigenvalue weighted by molar-refractivity contribution is 0.922. The third kappa shape index (κ3) is 2.67. The van der Waals surface area contributed by atoms with E-state index in [1.807, 2.05) is 19.2 Å². The molecule has 4 heteroatoms. The largest absolute Gasteiger partial charge is 0.326 e. The number of hydrogen-bond acceptors (Lipinski definition) is 3. The molecule has 0 aliphatic carbocycles. The summed E-state index contributed by atoms with van der Waals surface area (Å²) >= 11 is 0. The maximum absolute atomic E-state index is 10.6. The minimum atomic E-state index is -0.180. The fraction of sp³-hybridized carbons (Fsp3) is 0.250. The van der Waals surface area contributed by atoms with Crippen molar-refractivity contribution in [2.24, 2.45) is 0 Å². The van der Waals surface area contributed by atoms with Crippen molar-refractivity contribution in [2.75, 3.05) is 13.6 Å². The number of hydrogen-bond donors (Lipinski definition) is 2. The molecule has 2 N–H and O–H groups in total. The Labute approximate surface area is 70.4 Å². The number of aromatic nitrogens is 2. The van der Waals surface area contributed by atoms with Crippen LogP contribution in [0.3, 0.4) is 0 Å². The molecule has 64 valence electrons. The van der Waals surface area contributed by atoms with Gasteiger partial charge in [0.15, 0.2) is 0 Å². The first kappa shape index (κ1) is 8.67. The number of H-pyrrole nitrogens is 1. The molecule has 0 aliphatic rings. The van der Waals surface area contributed by atoms with Crippen molar-refractivity contribution in [2.45, 2.75) is 0 Å². The van der Waals surface area contributed by atoms with Crippen molar-refractivity contribution in [3.63, 3.8) is 0 Å². The Morgan fingerprint density at radius 1 is 1.75 bits per heavy atom. The monoisotopic (exact) mass is 165 g/mol. The fourth-order valence-corrected chi connectivity index (χ4v) is 0.741. The van der Waals surface area contributed by atoms with Crippen LogP contribution in [0.2, 0.25) is 0 Å². The smallest absolute Gasteiger partial charge is 0.266 e. The van der Waals surface area contributed by atoms with E-state index in [-0.39, 0.29) is 5.56 Å². The van der Waals surface area contributed by atoms with Gasteiger partial charge in [0.25, 0.3) is 5.56 Å². The van der Waals surface area contributed by atoms with Crippen LogP contribution in [-0.4, -0.2) is 23.6 Å². The molecule has 0 amide bonds. The predicted octanol–water partition coefficient (Wildman–Crippen LogP) is 0.00250. The second-order valence-corrected chi connectivity index (χ2v) is 2.30. The molecule has 0 aliphatic heterocycles. The molecule has 0 atom stereocenters. The minimum absolute atomic E-state index is 0.180. The molecule has 1 heterocycles. The highest BCUT2D eigenvalue weighted by molar-refractivity contribution is 5.42. The maximum atomic E-state index is 10.6.